The summed E-state index contributed by atoms with van der Waals surface area (Å²) in [7, 11) is 1.80. The van der Waals surface area contributed by atoms with Crippen LogP contribution in [0.2, 0.25) is 0 Å². The van der Waals surface area contributed by atoms with Gasteiger partial charge in [0.25, 0.3) is 0 Å². The molecule has 94 valence electrons. The molecule has 1 unspecified atom stereocenters. The lowest BCUT2D eigenvalue weighted by Gasteiger charge is -2.28. The van der Waals surface area contributed by atoms with E-state index in [0.29, 0.717) is 6.54 Å². The van der Waals surface area contributed by atoms with Gasteiger partial charge in [0.2, 0.25) is 5.91 Å². The Balaban J connectivity index is 2.71. The predicted octanol–water partition coefficient (Wildman–Crippen LogP) is 2.19. The van der Waals surface area contributed by atoms with E-state index >= 15 is 0 Å². The first-order valence-corrected chi connectivity index (χ1v) is 5.87. The molecule has 1 amide bonds. The van der Waals surface area contributed by atoms with Crippen molar-refractivity contribution in [3.63, 3.8) is 0 Å². The van der Waals surface area contributed by atoms with Crippen molar-refractivity contribution in [2.24, 2.45) is 11.1 Å². The minimum atomic E-state index is -0.566. The Bertz CT molecular complexity index is 368. The number of amides is 1. The second kappa shape index (κ2) is 5.32. The molecule has 0 heterocycles. The Hall–Kier alpha value is -1.35. The van der Waals surface area contributed by atoms with Crippen LogP contribution < -0.4 is 5.73 Å². The highest BCUT2D eigenvalue weighted by Crippen LogP contribution is 2.17. The van der Waals surface area contributed by atoms with Crippen LogP contribution in [-0.4, -0.2) is 24.4 Å². The molecule has 3 nitrogen and oxygen atoms in total. The molecule has 0 radical (unpaired) electrons. The molecule has 1 aromatic carbocycles. The first-order chi connectivity index (χ1) is 7.81. The fraction of sp³-hybridized carbons (Fsp3) is 0.500. The molecule has 1 atom stereocenters. The number of carbonyl (C=O) groups is 1. The van der Waals surface area contributed by atoms with Gasteiger partial charge < -0.3 is 10.6 Å². The molecule has 0 aliphatic heterocycles. The molecule has 0 fully saturated rings. The summed E-state index contributed by atoms with van der Waals surface area (Å²) in [6.07, 6.45) is 0. The standard InChI is InChI=1S/C14H22N2O/c1-14(2,3)10-16(4)13(17)12(15)11-8-6-5-7-9-11/h5-9,12H,10,15H2,1-4H3. The highest BCUT2D eigenvalue weighted by molar-refractivity contribution is 5.82. The lowest BCUT2D eigenvalue weighted by Crippen LogP contribution is -2.40. The molecular formula is C14H22N2O. The fourth-order valence-electron chi connectivity index (χ4n) is 1.83. The second-order valence-corrected chi connectivity index (χ2v) is 5.64. The van der Waals surface area contributed by atoms with Crippen molar-refractivity contribution in [1.82, 2.24) is 4.90 Å². The van der Waals surface area contributed by atoms with E-state index in [9.17, 15) is 4.79 Å². The van der Waals surface area contributed by atoms with Crippen molar-refractivity contribution in [3.8, 4) is 0 Å². The molecule has 17 heavy (non-hydrogen) atoms. The maximum atomic E-state index is 12.1. The summed E-state index contributed by atoms with van der Waals surface area (Å²) >= 11 is 0. The molecule has 3 heteroatoms. The van der Waals surface area contributed by atoms with Gasteiger partial charge in [0.1, 0.15) is 6.04 Å². The Morgan fingerprint density at radius 3 is 2.29 bits per heavy atom. The Labute approximate surface area is 104 Å². The van der Waals surface area contributed by atoms with Gasteiger partial charge >= 0.3 is 0 Å². The highest BCUT2D eigenvalue weighted by atomic mass is 16.2. The summed E-state index contributed by atoms with van der Waals surface area (Å²) in [5, 5.41) is 0. The summed E-state index contributed by atoms with van der Waals surface area (Å²) in [6, 6.07) is 8.91. The van der Waals surface area contributed by atoms with Crippen LogP contribution >= 0.6 is 0 Å². The number of nitrogens with zero attached hydrogens (tertiary/aromatic N) is 1. The molecule has 0 aliphatic rings. The van der Waals surface area contributed by atoms with Crippen LogP contribution in [0.3, 0.4) is 0 Å². The third-order valence-electron chi connectivity index (χ3n) is 2.51. The number of benzene rings is 1. The van der Waals surface area contributed by atoms with Crippen molar-refractivity contribution in [2.45, 2.75) is 26.8 Å². The van der Waals surface area contributed by atoms with E-state index in [1.54, 1.807) is 11.9 Å². The lowest BCUT2D eigenvalue weighted by atomic mass is 9.95. The van der Waals surface area contributed by atoms with Crippen LogP contribution in [0.4, 0.5) is 0 Å². The SMILES string of the molecule is CN(CC(C)(C)C)C(=O)C(N)c1ccccc1. The summed E-state index contributed by atoms with van der Waals surface area (Å²) in [5.74, 6) is -0.0360. The van der Waals surface area contributed by atoms with Crippen LogP contribution in [0, 0.1) is 5.41 Å². The molecule has 0 aliphatic carbocycles. The van der Waals surface area contributed by atoms with Crippen LogP contribution in [-0.2, 0) is 4.79 Å². The normalized spacial score (nSPS) is 13.2. The van der Waals surface area contributed by atoms with Crippen molar-refractivity contribution in [3.05, 3.63) is 35.9 Å². The van der Waals surface area contributed by atoms with Crippen LogP contribution in [0.1, 0.15) is 32.4 Å². The van der Waals surface area contributed by atoms with Gasteiger partial charge in [-0.1, -0.05) is 51.1 Å². The molecule has 0 aromatic heterocycles. The molecule has 1 aromatic rings. The summed E-state index contributed by atoms with van der Waals surface area (Å²) < 4.78 is 0. The van der Waals surface area contributed by atoms with E-state index in [-0.39, 0.29) is 11.3 Å². The van der Waals surface area contributed by atoms with Gasteiger partial charge in [-0.25, -0.2) is 0 Å². The molecule has 2 N–H and O–H groups in total. The molecule has 1 rings (SSSR count). The van der Waals surface area contributed by atoms with E-state index in [0.717, 1.165) is 5.56 Å². The molecule has 0 spiro atoms. The van der Waals surface area contributed by atoms with Gasteiger partial charge in [-0.2, -0.15) is 0 Å². The average molecular weight is 234 g/mol. The lowest BCUT2D eigenvalue weighted by molar-refractivity contribution is -0.132. The first kappa shape index (κ1) is 13.7. The monoisotopic (exact) mass is 234 g/mol. The minimum Gasteiger partial charge on any atom is -0.344 e. The zero-order valence-corrected chi connectivity index (χ0v) is 11.1. The van der Waals surface area contributed by atoms with Gasteiger partial charge in [0.05, 0.1) is 0 Å². The van der Waals surface area contributed by atoms with Crippen LogP contribution in [0.25, 0.3) is 0 Å². The average Bonchev–Trinajstić information content (AvgIpc) is 2.26. The van der Waals surface area contributed by atoms with Crippen molar-refractivity contribution < 1.29 is 4.79 Å². The third kappa shape index (κ3) is 4.19. The number of nitrogens with two attached hydrogens (primary N) is 1. The Morgan fingerprint density at radius 1 is 1.29 bits per heavy atom. The first-order valence-electron chi connectivity index (χ1n) is 5.87. The summed E-state index contributed by atoms with van der Waals surface area (Å²) in [4.78, 5) is 13.8. The maximum Gasteiger partial charge on any atom is 0.243 e. The second-order valence-electron chi connectivity index (χ2n) is 5.64. The van der Waals surface area contributed by atoms with Gasteiger partial charge in [0.15, 0.2) is 0 Å². The number of hydrogen-bond acceptors (Lipinski definition) is 2. The topological polar surface area (TPSA) is 46.3 Å². The van der Waals surface area contributed by atoms with Gasteiger partial charge in [0, 0.05) is 13.6 Å². The van der Waals surface area contributed by atoms with Crippen LogP contribution in [0.5, 0.6) is 0 Å². The minimum absolute atomic E-state index is 0.0360. The van der Waals surface area contributed by atoms with Gasteiger partial charge in [-0.15, -0.1) is 0 Å². The summed E-state index contributed by atoms with van der Waals surface area (Å²) in [6.45, 7) is 7.01. The highest BCUT2D eigenvalue weighted by Gasteiger charge is 2.23. The number of hydrogen-bond donors (Lipinski definition) is 1. The smallest absolute Gasteiger partial charge is 0.243 e. The van der Waals surface area contributed by atoms with E-state index in [2.05, 4.69) is 20.8 Å². The summed E-state index contributed by atoms with van der Waals surface area (Å²) in [5.41, 5.74) is 6.91. The van der Waals surface area contributed by atoms with E-state index in [1.165, 1.54) is 0 Å². The zero-order chi connectivity index (χ0) is 13.1. The maximum absolute atomic E-state index is 12.1. The van der Waals surface area contributed by atoms with Crippen molar-refractivity contribution in [1.29, 1.82) is 0 Å². The number of rotatable bonds is 3. The molecular weight excluding hydrogens is 212 g/mol. The third-order valence-corrected chi connectivity index (χ3v) is 2.51. The quantitative estimate of drug-likeness (QED) is 0.871. The molecule has 0 saturated heterocycles. The Morgan fingerprint density at radius 2 is 1.82 bits per heavy atom. The Kier molecular flexibility index (Phi) is 4.29. The van der Waals surface area contributed by atoms with Crippen molar-refractivity contribution in [2.75, 3.05) is 13.6 Å². The number of carbonyl (C=O) groups excluding carboxylic acids is 1. The van der Waals surface area contributed by atoms with Gasteiger partial charge in [-0.05, 0) is 11.0 Å². The molecule has 0 saturated carbocycles. The predicted molar refractivity (Wildman–Crippen MR) is 70.5 cm³/mol. The fourth-order valence-corrected chi connectivity index (χ4v) is 1.83. The number of likely N-dealkylation sites (N-methyl/N-ethyl adjacent to an activating group) is 1. The largest absolute Gasteiger partial charge is 0.344 e. The van der Waals surface area contributed by atoms with Crippen molar-refractivity contribution >= 4 is 5.91 Å². The van der Waals surface area contributed by atoms with Crippen LogP contribution in [0.15, 0.2) is 30.3 Å². The van der Waals surface area contributed by atoms with E-state index in [1.807, 2.05) is 30.3 Å². The van der Waals surface area contributed by atoms with E-state index < -0.39 is 6.04 Å². The van der Waals surface area contributed by atoms with Gasteiger partial charge in [-0.3, -0.25) is 4.79 Å². The zero-order valence-electron chi connectivity index (χ0n) is 11.1. The van der Waals surface area contributed by atoms with E-state index in [4.69, 9.17) is 5.73 Å². The molecule has 0 bridgehead atoms.